The van der Waals surface area contributed by atoms with Crippen LogP contribution in [0.1, 0.15) is 21.7 Å². The fourth-order valence-electron chi connectivity index (χ4n) is 1.47. The van der Waals surface area contributed by atoms with Crippen molar-refractivity contribution in [3.8, 4) is 0 Å². The number of pyridine rings is 1. The van der Waals surface area contributed by atoms with E-state index in [9.17, 15) is 4.79 Å². The minimum absolute atomic E-state index is 0.224. The van der Waals surface area contributed by atoms with E-state index in [1.165, 1.54) is 6.20 Å². The molecule has 0 unspecified atom stereocenters. The maximum Gasteiger partial charge on any atom is 0.339 e. The van der Waals surface area contributed by atoms with Gasteiger partial charge in [-0.1, -0.05) is 0 Å². The Morgan fingerprint density at radius 1 is 1.47 bits per heavy atom. The molecular weight excluding hydrogens is 286 g/mol. The highest BCUT2D eigenvalue weighted by atomic mass is 79.9. The van der Waals surface area contributed by atoms with Gasteiger partial charge in [0.2, 0.25) is 0 Å². The Balaban J connectivity index is 2.24. The minimum Gasteiger partial charge on any atom is -0.478 e. The molecule has 0 bridgehead atoms. The highest BCUT2D eigenvalue weighted by molar-refractivity contribution is 9.10. The second-order valence-corrected chi connectivity index (χ2v) is 4.49. The molecule has 0 saturated heterocycles. The number of halogens is 1. The number of hydrogen-bond acceptors (Lipinski definition) is 3. The number of aromatic carboxylic acids is 1. The summed E-state index contributed by atoms with van der Waals surface area (Å²) in [6, 6.07) is 3.75. The number of rotatable bonds is 3. The summed E-state index contributed by atoms with van der Waals surface area (Å²) in [5, 5.41) is 12.9. The summed E-state index contributed by atoms with van der Waals surface area (Å²) < 4.78 is 2.53. The first-order valence-electron chi connectivity index (χ1n) is 4.94. The number of carbonyl (C=O) groups is 1. The summed E-state index contributed by atoms with van der Waals surface area (Å²) >= 11 is 3.31. The first-order chi connectivity index (χ1) is 8.08. The van der Waals surface area contributed by atoms with Crippen LogP contribution in [0.4, 0.5) is 0 Å². The van der Waals surface area contributed by atoms with Gasteiger partial charge in [0.05, 0.1) is 24.1 Å². The van der Waals surface area contributed by atoms with Crippen molar-refractivity contribution in [3.63, 3.8) is 0 Å². The molecule has 0 aliphatic rings. The maximum absolute atomic E-state index is 10.9. The predicted molar refractivity (Wildman–Crippen MR) is 65.0 cm³/mol. The Hall–Kier alpha value is -1.69. The van der Waals surface area contributed by atoms with Crippen LogP contribution in [-0.4, -0.2) is 25.8 Å². The first-order valence-corrected chi connectivity index (χ1v) is 5.73. The maximum atomic E-state index is 10.9. The second-order valence-electron chi connectivity index (χ2n) is 3.57. The molecule has 0 saturated carbocycles. The molecule has 5 nitrogen and oxygen atoms in total. The fourth-order valence-corrected chi connectivity index (χ4v) is 1.70. The topological polar surface area (TPSA) is 68.0 Å². The molecule has 2 rings (SSSR count). The average Bonchev–Trinajstić information content (AvgIpc) is 2.64. The van der Waals surface area contributed by atoms with E-state index in [4.69, 9.17) is 5.11 Å². The van der Waals surface area contributed by atoms with E-state index in [0.717, 1.165) is 10.2 Å². The number of carboxylic acid groups (broad SMARTS) is 1. The van der Waals surface area contributed by atoms with Gasteiger partial charge in [-0.3, -0.25) is 9.67 Å². The molecule has 0 aliphatic carbocycles. The normalized spacial score (nSPS) is 10.5. The van der Waals surface area contributed by atoms with Crippen LogP contribution in [0.15, 0.2) is 29.0 Å². The van der Waals surface area contributed by atoms with Gasteiger partial charge in [-0.15, -0.1) is 0 Å². The average molecular weight is 296 g/mol. The van der Waals surface area contributed by atoms with Gasteiger partial charge in [0.25, 0.3) is 0 Å². The quantitative estimate of drug-likeness (QED) is 0.941. The molecule has 0 aliphatic heterocycles. The zero-order chi connectivity index (χ0) is 12.4. The molecule has 17 heavy (non-hydrogen) atoms. The predicted octanol–water partition coefficient (Wildman–Crippen LogP) is 2.10. The van der Waals surface area contributed by atoms with E-state index in [-0.39, 0.29) is 5.56 Å². The van der Waals surface area contributed by atoms with Crippen molar-refractivity contribution in [2.24, 2.45) is 0 Å². The highest BCUT2D eigenvalue weighted by Crippen LogP contribution is 2.11. The van der Waals surface area contributed by atoms with Crippen molar-refractivity contribution in [1.29, 1.82) is 0 Å². The molecule has 0 atom stereocenters. The van der Waals surface area contributed by atoms with Crippen LogP contribution < -0.4 is 0 Å². The summed E-state index contributed by atoms with van der Waals surface area (Å²) in [5.41, 5.74) is 1.68. The monoisotopic (exact) mass is 295 g/mol. The van der Waals surface area contributed by atoms with E-state index in [1.54, 1.807) is 17.8 Å². The van der Waals surface area contributed by atoms with Crippen LogP contribution in [0.3, 0.4) is 0 Å². The van der Waals surface area contributed by atoms with Gasteiger partial charge in [-0.25, -0.2) is 4.79 Å². The van der Waals surface area contributed by atoms with Crippen molar-refractivity contribution in [2.45, 2.75) is 13.5 Å². The van der Waals surface area contributed by atoms with Gasteiger partial charge in [-0.05, 0) is 35.0 Å². The van der Waals surface area contributed by atoms with Crippen molar-refractivity contribution in [1.82, 2.24) is 14.8 Å². The second kappa shape index (κ2) is 4.67. The number of hydrogen-bond donors (Lipinski definition) is 1. The molecule has 2 heterocycles. The van der Waals surface area contributed by atoms with E-state index in [2.05, 4.69) is 26.0 Å². The van der Waals surface area contributed by atoms with E-state index < -0.39 is 5.97 Å². The first kappa shape index (κ1) is 11.8. The largest absolute Gasteiger partial charge is 0.478 e. The smallest absolute Gasteiger partial charge is 0.339 e. The lowest BCUT2D eigenvalue weighted by Crippen LogP contribution is -2.07. The summed E-state index contributed by atoms with van der Waals surface area (Å²) in [7, 11) is 0. The third-order valence-corrected chi connectivity index (χ3v) is 2.90. The Morgan fingerprint density at radius 3 is 2.76 bits per heavy atom. The molecule has 1 N–H and O–H groups in total. The molecule has 0 amide bonds. The van der Waals surface area contributed by atoms with Gasteiger partial charge in [0, 0.05) is 10.7 Å². The molecule has 88 valence electrons. The SMILES string of the molecule is Cc1c(C(=O)O)cnn1Cc1ccc(Br)cn1. The van der Waals surface area contributed by atoms with Gasteiger partial charge in [0.15, 0.2) is 0 Å². The Kier molecular flexibility index (Phi) is 3.23. The van der Waals surface area contributed by atoms with Crippen LogP contribution in [0.5, 0.6) is 0 Å². The molecule has 0 aromatic carbocycles. The summed E-state index contributed by atoms with van der Waals surface area (Å²) in [6.45, 7) is 2.20. The zero-order valence-corrected chi connectivity index (χ0v) is 10.7. The lowest BCUT2D eigenvalue weighted by Gasteiger charge is -2.04. The Bertz CT molecular complexity index is 548. The third-order valence-electron chi connectivity index (χ3n) is 2.43. The summed E-state index contributed by atoms with van der Waals surface area (Å²) in [6.07, 6.45) is 3.06. The number of nitrogens with zero attached hydrogens (tertiary/aromatic N) is 3. The Labute approximate surface area is 106 Å². The van der Waals surface area contributed by atoms with Crippen LogP contribution >= 0.6 is 15.9 Å². The lowest BCUT2D eigenvalue weighted by molar-refractivity contribution is 0.0696. The van der Waals surface area contributed by atoms with Crippen LogP contribution in [0.25, 0.3) is 0 Å². The number of carboxylic acids is 1. The van der Waals surface area contributed by atoms with Crippen molar-refractivity contribution in [3.05, 3.63) is 46.0 Å². The highest BCUT2D eigenvalue weighted by Gasteiger charge is 2.12. The van der Waals surface area contributed by atoms with Gasteiger partial charge >= 0.3 is 5.97 Å². The zero-order valence-electron chi connectivity index (χ0n) is 9.09. The molecular formula is C11H10BrN3O2. The number of aromatic nitrogens is 3. The van der Waals surface area contributed by atoms with E-state index >= 15 is 0 Å². The standard InChI is InChI=1S/C11H10BrN3O2/c1-7-10(11(16)17)5-14-15(7)6-9-3-2-8(12)4-13-9/h2-5H,6H2,1H3,(H,16,17). The van der Waals surface area contributed by atoms with Crippen LogP contribution in [-0.2, 0) is 6.54 Å². The fraction of sp³-hybridized carbons (Fsp3) is 0.182. The molecule has 0 spiro atoms. The Morgan fingerprint density at radius 2 is 2.24 bits per heavy atom. The summed E-state index contributed by atoms with van der Waals surface area (Å²) in [5.74, 6) is -0.961. The molecule has 2 aromatic heterocycles. The van der Waals surface area contributed by atoms with Gasteiger partial charge in [0.1, 0.15) is 5.56 Å². The van der Waals surface area contributed by atoms with Crippen molar-refractivity contribution >= 4 is 21.9 Å². The van der Waals surface area contributed by atoms with E-state index in [0.29, 0.717) is 12.2 Å². The minimum atomic E-state index is -0.961. The van der Waals surface area contributed by atoms with Crippen molar-refractivity contribution in [2.75, 3.05) is 0 Å². The molecule has 2 aromatic rings. The molecule has 6 heteroatoms. The lowest BCUT2D eigenvalue weighted by atomic mass is 10.2. The van der Waals surface area contributed by atoms with Crippen LogP contribution in [0, 0.1) is 6.92 Å². The van der Waals surface area contributed by atoms with E-state index in [1.807, 2.05) is 12.1 Å². The van der Waals surface area contributed by atoms with Gasteiger partial charge in [-0.2, -0.15) is 5.10 Å². The van der Waals surface area contributed by atoms with Crippen molar-refractivity contribution < 1.29 is 9.90 Å². The third kappa shape index (κ3) is 2.52. The molecule has 0 radical (unpaired) electrons. The summed E-state index contributed by atoms with van der Waals surface area (Å²) in [4.78, 5) is 15.1. The van der Waals surface area contributed by atoms with Crippen LogP contribution in [0.2, 0.25) is 0 Å². The molecule has 0 fully saturated rings. The van der Waals surface area contributed by atoms with Gasteiger partial charge < -0.3 is 5.11 Å².